The minimum absolute atomic E-state index is 0.114. The largest absolute Gasteiger partial charge is 0.334 e. The molecule has 0 radical (unpaired) electrons. The Balaban J connectivity index is 2.02. The smallest absolute Gasteiger partial charge is 0.240 e. The normalized spacial score (nSPS) is 16.3. The van der Waals surface area contributed by atoms with Crippen molar-refractivity contribution in [2.75, 3.05) is 0 Å². The van der Waals surface area contributed by atoms with E-state index >= 15 is 0 Å². The topological polar surface area (TPSA) is 46.3 Å². The summed E-state index contributed by atoms with van der Waals surface area (Å²) in [5.41, 5.74) is 7.14. The number of hydrogen-bond acceptors (Lipinski definition) is 2. The fourth-order valence-corrected chi connectivity index (χ4v) is 2.20. The lowest BCUT2D eigenvalue weighted by atomic mass is 10.1. The lowest BCUT2D eigenvalue weighted by molar-refractivity contribution is -0.134. The second-order valence-electron chi connectivity index (χ2n) is 5.08. The summed E-state index contributed by atoms with van der Waals surface area (Å²) in [7, 11) is 0. The molecule has 3 heteroatoms. The van der Waals surface area contributed by atoms with Crippen molar-refractivity contribution in [2.45, 2.75) is 51.2 Å². The molecule has 1 aromatic rings. The van der Waals surface area contributed by atoms with Crippen LogP contribution in [0, 0.1) is 0 Å². The second kappa shape index (κ2) is 6.01. The highest BCUT2D eigenvalue weighted by molar-refractivity contribution is 5.82. The highest BCUT2D eigenvalue weighted by Crippen LogP contribution is 2.29. The third-order valence-electron chi connectivity index (χ3n) is 3.38. The molecular weight excluding hydrogens is 224 g/mol. The summed E-state index contributed by atoms with van der Waals surface area (Å²) in [4.78, 5) is 14.3. The van der Waals surface area contributed by atoms with E-state index in [1.165, 1.54) is 5.56 Å². The predicted octanol–water partition coefficient (Wildman–Crippen LogP) is 2.31. The van der Waals surface area contributed by atoms with Crippen LogP contribution in [-0.4, -0.2) is 22.9 Å². The minimum Gasteiger partial charge on any atom is -0.334 e. The Kier molecular flexibility index (Phi) is 4.37. The van der Waals surface area contributed by atoms with E-state index in [1.807, 2.05) is 23.1 Å². The van der Waals surface area contributed by atoms with Crippen LogP contribution in [0.1, 0.15) is 38.2 Å². The van der Waals surface area contributed by atoms with Crippen LogP contribution in [0.4, 0.5) is 0 Å². The van der Waals surface area contributed by atoms with Gasteiger partial charge in [0.2, 0.25) is 5.91 Å². The second-order valence-corrected chi connectivity index (χ2v) is 5.08. The summed E-state index contributed by atoms with van der Waals surface area (Å²) in [6.07, 6.45) is 3.97. The van der Waals surface area contributed by atoms with Gasteiger partial charge in [-0.15, -0.1) is 0 Å². The van der Waals surface area contributed by atoms with Gasteiger partial charge < -0.3 is 10.6 Å². The van der Waals surface area contributed by atoms with Gasteiger partial charge in [0.05, 0.1) is 6.04 Å². The highest BCUT2D eigenvalue weighted by atomic mass is 16.2. The van der Waals surface area contributed by atoms with Gasteiger partial charge in [0.15, 0.2) is 0 Å². The summed E-state index contributed by atoms with van der Waals surface area (Å²) in [5, 5.41) is 0. The lowest BCUT2D eigenvalue weighted by Gasteiger charge is -2.25. The van der Waals surface area contributed by atoms with Gasteiger partial charge in [-0.3, -0.25) is 4.79 Å². The zero-order chi connectivity index (χ0) is 13.0. The Morgan fingerprint density at radius 2 is 2.06 bits per heavy atom. The van der Waals surface area contributed by atoms with Gasteiger partial charge in [-0.2, -0.15) is 0 Å². The maximum atomic E-state index is 12.3. The predicted molar refractivity (Wildman–Crippen MR) is 72.9 cm³/mol. The molecule has 0 spiro atoms. The SMILES string of the molecule is CCC[C@@H](N)C(=O)N(Cc1ccccc1)C1CC1. The van der Waals surface area contributed by atoms with Gasteiger partial charge >= 0.3 is 0 Å². The maximum Gasteiger partial charge on any atom is 0.240 e. The number of rotatable bonds is 6. The summed E-state index contributed by atoms with van der Waals surface area (Å²) in [6.45, 7) is 2.76. The van der Waals surface area contributed by atoms with Crippen molar-refractivity contribution < 1.29 is 4.79 Å². The number of nitrogens with zero attached hydrogens (tertiary/aromatic N) is 1. The Hall–Kier alpha value is -1.35. The third kappa shape index (κ3) is 3.33. The van der Waals surface area contributed by atoms with E-state index in [1.54, 1.807) is 0 Å². The average molecular weight is 246 g/mol. The van der Waals surface area contributed by atoms with E-state index in [0.29, 0.717) is 12.6 Å². The van der Waals surface area contributed by atoms with Crippen molar-refractivity contribution in [1.29, 1.82) is 0 Å². The van der Waals surface area contributed by atoms with Crippen LogP contribution in [0.3, 0.4) is 0 Å². The number of amides is 1. The van der Waals surface area contributed by atoms with Crippen molar-refractivity contribution in [1.82, 2.24) is 4.90 Å². The van der Waals surface area contributed by atoms with Crippen LogP contribution in [0.25, 0.3) is 0 Å². The standard InChI is InChI=1S/C15H22N2O/c1-2-6-14(16)15(18)17(13-9-10-13)11-12-7-4-3-5-8-12/h3-5,7-8,13-14H,2,6,9-11,16H2,1H3/t14-/m1/s1. The van der Waals surface area contributed by atoms with E-state index in [9.17, 15) is 4.79 Å². The van der Waals surface area contributed by atoms with E-state index in [4.69, 9.17) is 5.73 Å². The third-order valence-corrected chi connectivity index (χ3v) is 3.38. The molecule has 1 amide bonds. The van der Waals surface area contributed by atoms with Crippen LogP contribution in [0.5, 0.6) is 0 Å². The Morgan fingerprint density at radius 3 is 2.61 bits per heavy atom. The van der Waals surface area contributed by atoms with E-state index in [0.717, 1.165) is 25.7 Å². The van der Waals surface area contributed by atoms with Gasteiger partial charge in [-0.05, 0) is 24.8 Å². The molecule has 1 aliphatic rings. The van der Waals surface area contributed by atoms with Crippen molar-refractivity contribution in [3.8, 4) is 0 Å². The molecule has 1 atom stereocenters. The highest BCUT2D eigenvalue weighted by Gasteiger charge is 2.34. The molecule has 2 N–H and O–H groups in total. The molecule has 18 heavy (non-hydrogen) atoms. The molecule has 1 aliphatic carbocycles. The van der Waals surface area contributed by atoms with Crippen molar-refractivity contribution in [2.24, 2.45) is 5.73 Å². The molecule has 0 unspecified atom stereocenters. The lowest BCUT2D eigenvalue weighted by Crippen LogP contribution is -2.44. The molecule has 98 valence electrons. The van der Waals surface area contributed by atoms with Crippen LogP contribution in [0.2, 0.25) is 0 Å². The summed E-state index contributed by atoms with van der Waals surface area (Å²) in [5.74, 6) is 0.114. The van der Waals surface area contributed by atoms with Crippen molar-refractivity contribution in [3.63, 3.8) is 0 Å². The van der Waals surface area contributed by atoms with Gasteiger partial charge in [-0.25, -0.2) is 0 Å². The van der Waals surface area contributed by atoms with Crippen LogP contribution in [0.15, 0.2) is 30.3 Å². The number of nitrogens with two attached hydrogens (primary N) is 1. The first-order chi connectivity index (χ1) is 8.72. The molecule has 2 rings (SSSR count). The zero-order valence-corrected chi connectivity index (χ0v) is 11.0. The molecule has 0 saturated heterocycles. The zero-order valence-electron chi connectivity index (χ0n) is 11.0. The summed E-state index contributed by atoms with van der Waals surface area (Å²) >= 11 is 0. The number of carbonyl (C=O) groups excluding carboxylic acids is 1. The molecule has 3 nitrogen and oxygen atoms in total. The fraction of sp³-hybridized carbons (Fsp3) is 0.533. The van der Waals surface area contributed by atoms with Gasteiger partial charge in [0, 0.05) is 12.6 Å². The minimum atomic E-state index is -0.334. The van der Waals surface area contributed by atoms with Crippen LogP contribution >= 0.6 is 0 Å². The van der Waals surface area contributed by atoms with Crippen molar-refractivity contribution >= 4 is 5.91 Å². The molecule has 0 aromatic heterocycles. The quantitative estimate of drug-likeness (QED) is 0.837. The molecule has 0 bridgehead atoms. The van der Waals surface area contributed by atoms with Crippen LogP contribution in [-0.2, 0) is 11.3 Å². The number of hydrogen-bond donors (Lipinski definition) is 1. The average Bonchev–Trinajstić information content (AvgIpc) is 3.21. The fourth-order valence-electron chi connectivity index (χ4n) is 2.20. The first kappa shape index (κ1) is 13.1. The number of carbonyl (C=O) groups is 1. The van der Waals surface area contributed by atoms with Gasteiger partial charge in [0.25, 0.3) is 0 Å². The van der Waals surface area contributed by atoms with E-state index < -0.39 is 0 Å². The van der Waals surface area contributed by atoms with E-state index in [2.05, 4.69) is 19.1 Å². The number of benzene rings is 1. The molecule has 1 aromatic carbocycles. The van der Waals surface area contributed by atoms with Gasteiger partial charge in [0.1, 0.15) is 0 Å². The molecular formula is C15H22N2O. The molecule has 0 heterocycles. The first-order valence-corrected chi connectivity index (χ1v) is 6.82. The van der Waals surface area contributed by atoms with E-state index in [-0.39, 0.29) is 11.9 Å². The molecule has 0 aliphatic heterocycles. The summed E-state index contributed by atoms with van der Waals surface area (Å²) < 4.78 is 0. The monoisotopic (exact) mass is 246 g/mol. The summed E-state index contributed by atoms with van der Waals surface area (Å²) in [6, 6.07) is 10.2. The first-order valence-electron chi connectivity index (χ1n) is 6.82. The Labute approximate surface area is 109 Å². The maximum absolute atomic E-state index is 12.3. The Bertz CT molecular complexity index is 387. The molecule has 1 fully saturated rings. The molecule has 1 saturated carbocycles. The van der Waals surface area contributed by atoms with Gasteiger partial charge in [-0.1, -0.05) is 43.7 Å². The van der Waals surface area contributed by atoms with Crippen molar-refractivity contribution in [3.05, 3.63) is 35.9 Å². The van der Waals surface area contributed by atoms with Crippen LogP contribution < -0.4 is 5.73 Å². The Morgan fingerprint density at radius 1 is 1.39 bits per heavy atom.